The number of nitro groups is 1. The third kappa shape index (κ3) is 5.68. The van der Waals surface area contributed by atoms with Crippen LogP contribution in [0.1, 0.15) is 18.1 Å². The normalized spacial score (nSPS) is 11.6. The summed E-state index contributed by atoms with van der Waals surface area (Å²) in [6.07, 6.45) is 0. The molecule has 0 saturated heterocycles. The van der Waals surface area contributed by atoms with Gasteiger partial charge in [-0.3, -0.25) is 14.9 Å². The maximum atomic E-state index is 12.4. The second kappa shape index (κ2) is 9.70. The number of aryl methyl sites for hydroxylation is 1. The van der Waals surface area contributed by atoms with Crippen molar-refractivity contribution < 1.29 is 24.1 Å². The number of nitrogens with one attached hydrogen (secondary N) is 2. The van der Waals surface area contributed by atoms with E-state index in [9.17, 15) is 14.9 Å². The van der Waals surface area contributed by atoms with Crippen LogP contribution < -0.4 is 19.7 Å². The molecule has 0 heterocycles. The SMILES string of the molecule is CCOc1ccc(C[NH+](C)CC(=O)Nc2cc([N+](=O)[O-])ccc2C)cc1OC. The number of nitrogens with zero attached hydrogens (tertiary/aromatic N) is 1. The highest BCUT2D eigenvalue weighted by Gasteiger charge is 2.15. The molecular weight excluding hydrogens is 362 g/mol. The van der Waals surface area contributed by atoms with E-state index >= 15 is 0 Å². The Kier molecular flexibility index (Phi) is 7.34. The van der Waals surface area contributed by atoms with Crippen molar-refractivity contribution in [1.29, 1.82) is 0 Å². The summed E-state index contributed by atoms with van der Waals surface area (Å²) in [5, 5.41) is 13.7. The van der Waals surface area contributed by atoms with Gasteiger partial charge in [-0.25, -0.2) is 0 Å². The third-order valence-electron chi connectivity index (χ3n) is 4.20. The molecule has 8 heteroatoms. The van der Waals surface area contributed by atoms with Crippen molar-refractivity contribution in [2.45, 2.75) is 20.4 Å². The lowest BCUT2D eigenvalue weighted by Crippen LogP contribution is -3.08. The van der Waals surface area contributed by atoms with Crippen molar-refractivity contribution in [2.24, 2.45) is 0 Å². The number of hydrogen-bond donors (Lipinski definition) is 2. The van der Waals surface area contributed by atoms with Gasteiger partial charge in [-0.15, -0.1) is 0 Å². The zero-order chi connectivity index (χ0) is 20.7. The van der Waals surface area contributed by atoms with E-state index in [0.717, 1.165) is 16.0 Å². The molecule has 0 aliphatic heterocycles. The third-order valence-corrected chi connectivity index (χ3v) is 4.20. The molecule has 1 unspecified atom stereocenters. The number of benzene rings is 2. The van der Waals surface area contributed by atoms with Crippen molar-refractivity contribution in [3.8, 4) is 11.5 Å². The Labute approximate surface area is 164 Å². The maximum Gasteiger partial charge on any atom is 0.279 e. The van der Waals surface area contributed by atoms with Gasteiger partial charge in [0.15, 0.2) is 18.0 Å². The molecule has 8 nitrogen and oxygen atoms in total. The van der Waals surface area contributed by atoms with Gasteiger partial charge in [-0.05, 0) is 37.6 Å². The number of quaternary nitrogens is 1. The molecule has 0 radical (unpaired) electrons. The molecular formula is C20H26N3O5+. The number of methoxy groups -OCH3 is 1. The molecule has 0 fully saturated rings. The Bertz CT molecular complexity index is 854. The molecule has 2 N–H and O–H groups in total. The summed E-state index contributed by atoms with van der Waals surface area (Å²) in [6.45, 7) is 5.09. The number of non-ortho nitro benzene ring substituents is 1. The van der Waals surface area contributed by atoms with Gasteiger partial charge >= 0.3 is 0 Å². The molecule has 1 atom stereocenters. The number of anilines is 1. The molecule has 2 aromatic carbocycles. The highest BCUT2D eigenvalue weighted by Crippen LogP contribution is 2.27. The minimum Gasteiger partial charge on any atom is -0.493 e. The predicted octanol–water partition coefficient (Wildman–Crippen LogP) is 1.96. The number of hydrogen-bond acceptors (Lipinski definition) is 5. The van der Waals surface area contributed by atoms with Crippen molar-refractivity contribution in [3.63, 3.8) is 0 Å². The van der Waals surface area contributed by atoms with Gasteiger partial charge in [0.1, 0.15) is 6.54 Å². The molecule has 28 heavy (non-hydrogen) atoms. The van der Waals surface area contributed by atoms with E-state index in [4.69, 9.17) is 9.47 Å². The van der Waals surface area contributed by atoms with E-state index in [0.29, 0.717) is 30.3 Å². The number of nitro benzene ring substituents is 1. The minimum atomic E-state index is -0.480. The summed E-state index contributed by atoms with van der Waals surface area (Å²) in [5.41, 5.74) is 2.18. The van der Waals surface area contributed by atoms with Gasteiger partial charge in [0.2, 0.25) is 0 Å². The van der Waals surface area contributed by atoms with Crippen LogP contribution in [0.2, 0.25) is 0 Å². The van der Waals surface area contributed by atoms with E-state index < -0.39 is 4.92 Å². The first-order valence-electron chi connectivity index (χ1n) is 9.00. The van der Waals surface area contributed by atoms with E-state index in [1.165, 1.54) is 12.1 Å². The molecule has 0 aliphatic rings. The molecule has 1 amide bonds. The fourth-order valence-electron chi connectivity index (χ4n) is 2.83. The molecule has 0 bridgehead atoms. The Balaban J connectivity index is 1.99. The zero-order valence-electron chi connectivity index (χ0n) is 16.6. The summed E-state index contributed by atoms with van der Waals surface area (Å²) in [6, 6.07) is 10.1. The Morgan fingerprint density at radius 2 is 1.96 bits per heavy atom. The summed E-state index contributed by atoms with van der Waals surface area (Å²) >= 11 is 0. The van der Waals surface area contributed by atoms with Crippen molar-refractivity contribution >= 4 is 17.3 Å². The highest BCUT2D eigenvalue weighted by atomic mass is 16.6. The number of carbonyl (C=O) groups excluding carboxylic acids is 1. The summed E-state index contributed by atoms with van der Waals surface area (Å²) < 4.78 is 10.9. The van der Waals surface area contributed by atoms with Gasteiger partial charge in [-0.1, -0.05) is 6.07 Å². The number of likely N-dealkylation sites (N-methyl/N-ethyl adjacent to an activating group) is 1. The van der Waals surface area contributed by atoms with Crippen LogP contribution in [0.4, 0.5) is 11.4 Å². The first-order valence-corrected chi connectivity index (χ1v) is 9.00. The average molecular weight is 388 g/mol. The van der Waals surface area contributed by atoms with Crippen LogP contribution in [-0.4, -0.2) is 38.1 Å². The Morgan fingerprint density at radius 1 is 1.21 bits per heavy atom. The summed E-state index contributed by atoms with van der Waals surface area (Å²) in [5.74, 6) is 1.13. The second-order valence-electron chi connectivity index (χ2n) is 6.53. The summed E-state index contributed by atoms with van der Waals surface area (Å²) in [7, 11) is 3.50. The lowest BCUT2D eigenvalue weighted by Gasteiger charge is -2.16. The number of amides is 1. The fourth-order valence-corrected chi connectivity index (χ4v) is 2.83. The molecule has 0 saturated carbocycles. The molecule has 0 aromatic heterocycles. The highest BCUT2D eigenvalue weighted by molar-refractivity contribution is 5.92. The van der Waals surface area contributed by atoms with Crippen LogP contribution in [0.3, 0.4) is 0 Å². The topological polar surface area (TPSA) is 95.1 Å². The number of carbonyl (C=O) groups is 1. The largest absolute Gasteiger partial charge is 0.493 e. The van der Waals surface area contributed by atoms with Crippen LogP contribution >= 0.6 is 0 Å². The lowest BCUT2D eigenvalue weighted by atomic mass is 10.1. The smallest absolute Gasteiger partial charge is 0.279 e. The lowest BCUT2D eigenvalue weighted by molar-refractivity contribution is -0.885. The number of rotatable bonds is 9. The van der Waals surface area contributed by atoms with Crippen molar-refractivity contribution in [3.05, 3.63) is 57.6 Å². The van der Waals surface area contributed by atoms with E-state index in [-0.39, 0.29) is 18.1 Å². The van der Waals surface area contributed by atoms with Crippen LogP contribution in [-0.2, 0) is 11.3 Å². The van der Waals surface area contributed by atoms with E-state index in [2.05, 4.69) is 5.32 Å². The maximum absolute atomic E-state index is 12.4. The van der Waals surface area contributed by atoms with Crippen LogP contribution in [0.5, 0.6) is 11.5 Å². The monoisotopic (exact) mass is 388 g/mol. The van der Waals surface area contributed by atoms with Gasteiger partial charge in [-0.2, -0.15) is 0 Å². The quantitative estimate of drug-likeness (QED) is 0.506. The van der Waals surface area contributed by atoms with Gasteiger partial charge in [0.05, 0.1) is 31.4 Å². The predicted molar refractivity (Wildman–Crippen MR) is 106 cm³/mol. The van der Waals surface area contributed by atoms with E-state index in [1.54, 1.807) is 20.1 Å². The molecule has 150 valence electrons. The van der Waals surface area contributed by atoms with Gasteiger partial charge in [0.25, 0.3) is 11.6 Å². The summed E-state index contributed by atoms with van der Waals surface area (Å²) in [4.78, 5) is 23.8. The molecule has 0 spiro atoms. The van der Waals surface area contributed by atoms with Crippen LogP contribution in [0.15, 0.2) is 36.4 Å². The first kappa shape index (κ1) is 21.2. The molecule has 2 aromatic rings. The van der Waals surface area contributed by atoms with E-state index in [1.807, 2.05) is 32.2 Å². The van der Waals surface area contributed by atoms with Gasteiger partial charge < -0.3 is 19.7 Å². The van der Waals surface area contributed by atoms with Crippen molar-refractivity contribution in [2.75, 3.05) is 32.6 Å². The number of ether oxygens (including phenoxy) is 2. The van der Waals surface area contributed by atoms with Gasteiger partial charge in [0, 0.05) is 17.7 Å². The van der Waals surface area contributed by atoms with Crippen LogP contribution in [0, 0.1) is 17.0 Å². The Morgan fingerprint density at radius 3 is 2.61 bits per heavy atom. The zero-order valence-corrected chi connectivity index (χ0v) is 16.6. The standard InChI is InChI=1S/C20H25N3O5/c1-5-28-18-9-7-15(10-19(18)27-4)12-22(3)13-20(24)21-17-11-16(23(25)26)8-6-14(17)2/h6-11H,5,12-13H2,1-4H3,(H,21,24)/p+1. The molecule has 0 aliphatic carbocycles. The Hall–Kier alpha value is -3.13. The average Bonchev–Trinajstić information content (AvgIpc) is 2.64. The van der Waals surface area contributed by atoms with Crippen LogP contribution in [0.25, 0.3) is 0 Å². The second-order valence-corrected chi connectivity index (χ2v) is 6.53. The molecule has 2 rings (SSSR count). The fraction of sp³-hybridized carbons (Fsp3) is 0.350. The van der Waals surface area contributed by atoms with Crippen molar-refractivity contribution in [1.82, 2.24) is 0 Å². The first-order chi connectivity index (χ1) is 13.3. The minimum absolute atomic E-state index is 0.0527.